The smallest absolute Gasteiger partial charge is 0.335 e. The third-order valence-corrected chi connectivity index (χ3v) is 4.88. The number of aromatic carboxylic acids is 1. The van der Waals surface area contributed by atoms with Crippen molar-refractivity contribution in [2.24, 2.45) is 0 Å². The van der Waals surface area contributed by atoms with Crippen molar-refractivity contribution >= 4 is 40.9 Å². The monoisotopic (exact) mass is 333 g/mol. The summed E-state index contributed by atoms with van der Waals surface area (Å²) in [6.07, 6.45) is 0. The van der Waals surface area contributed by atoms with Crippen molar-refractivity contribution in [2.75, 3.05) is 10.7 Å². The second kappa shape index (κ2) is 6.02. The van der Waals surface area contributed by atoms with Gasteiger partial charge in [-0.25, -0.2) is 4.79 Å². The van der Waals surface area contributed by atoms with Gasteiger partial charge in [-0.1, -0.05) is 23.7 Å². The van der Waals surface area contributed by atoms with E-state index in [9.17, 15) is 9.59 Å². The molecule has 1 aliphatic rings. The molecule has 1 N–H and O–H groups in total. The minimum Gasteiger partial charge on any atom is -0.478 e. The number of amides is 1. The van der Waals surface area contributed by atoms with Crippen LogP contribution in [0.2, 0.25) is 5.02 Å². The summed E-state index contributed by atoms with van der Waals surface area (Å²) in [5.41, 5.74) is 1.88. The molecule has 0 saturated carbocycles. The van der Waals surface area contributed by atoms with Crippen LogP contribution in [-0.4, -0.2) is 22.7 Å². The van der Waals surface area contributed by atoms with E-state index in [4.69, 9.17) is 16.7 Å². The van der Waals surface area contributed by atoms with Gasteiger partial charge in [0.25, 0.3) is 0 Å². The molecule has 0 unspecified atom stereocenters. The maximum atomic E-state index is 12.2. The highest BCUT2D eigenvalue weighted by molar-refractivity contribution is 8.00. The molecule has 2 aromatic rings. The Bertz CT molecular complexity index is 715. The Morgan fingerprint density at radius 3 is 2.36 bits per heavy atom. The fourth-order valence-electron chi connectivity index (χ4n) is 2.34. The Hall–Kier alpha value is -1.98. The van der Waals surface area contributed by atoms with Crippen molar-refractivity contribution in [3.05, 3.63) is 64.7 Å². The van der Waals surface area contributed by atoms with Crippen LogP contribution in [0.5, 0.6) is 0 Å². The quantitative estimate of drug-likeness (QED) is 0.927. The molecule has 1 atom stereocenters. The van der Waals surface area contributed by atoms with Crippen molar-refractivity contribution in [3.63, 3.8) is 0 Å². The molecule has 0 bridgehead atoms. The van der Waals surface area contributed by atoms with Crippen LogP contribution in [0.4, 0.5) is 5.69 Å². The number of rotatable bonds is 3. The average Bonchev–Trinajstić information content (AvgIpc) is 2.90. The molecular formula is C16H12ClNO3S. The first kappa shape index (κ1) is 14.9. The summed E-state index contributed by atoms with van der Waals surface area (Å²) < 4.78 is 0. The first-order chi connectivity index (χ1) is 10.6. The molecule has 2 aromatic carbocycles. The highest BCUT2D eigenvalue weighted by Gasteiger charge is 2.33. The molecule has 4 nitrogen and oxygen atoms in total. The van der Waals surface area contributed by atoms with Gasteiger partial charge in [-0.3, -0.25) is 9.69 Å². The summed E-state index contributed by atoms with van der Waals surface area (Å²) in [4.78, 5) is 24.8. The van der Waals surface area contributed by atoms with E-state index in [-0.39, 0.29) is 16.8 Å². The number of anilines is 1. The number of halogens is 1. The molecular weight excluding hydrogens is 322 g/mol. The van der Waals surface area contributed by atoms with Crippen LogP contribution in [0.25, 0.3) is 0 Å². The second-order valence-corrected chi connectivity index (χ2v) is 6.34. The maximum absolute atomic E-state index is 12.2. The molecule has 1 heterocycles. The van der Waals surface area contributed by atoms with E-state index in [0.717, 1.165) is 5.56 Å². The standard InChI is InChI=1S/C16H12ClNO3S/c17-12-5-1-10(2-6-12)15-18(14(19)9-22-15)13-7-3-11(4-8-13)16(20)21/h1-8,15H,9H2,(H,20,21)/t15-/m1/s1. The lowest BCUT2D eigenvalue weighted by Gasteiger charge is -2.24. The molecule has 1 fully saturated rings. The molecule has 0 aliphatic carbocycles. The van der Waals surface area contributed by atoms with Crippen LogP contribution in [0.3, 0.4) is 0 Å². The van der Waals surface area contributed by atoms with E-state index >= 15 is 0 Å². The van der Waals surface area contributed by atoms with E-state index in [1.165, 1.54) is 23.9 Å². The van der Waals surface area contributed by atoms with Crippen LogP contribution in [0, 0.1) is 0 Å². The number of benzene rings is 2. The lowest BCUT2D eigenvalue weighted by Crippen LogP contribution is -2.27. The number of carbonyl (C=O) groups is 2. The predicted molar refractivity (Wildman–Crippen MR) is 87.5 cm³/mol. The Kier molecular flexibility index (Phi) is 4.09. The summed E-state index contributed by atoms with van der Waals surface area (Å²) >= 11 is 7.44. The first-order valence-electron chi connectivity index (χ1n) is 6.59. The molecule has 3 rings (SSSR count). The van der Waals surface area contributed by atoms with Crippen LogP contribution < -0.4 is 4.90 Å². The van der Waals surface area contributed by atoms with Crippen molar-refractivity contribution in [1.82, 2.24) is 0 Å². The Morgan fingerprint density at radius 2 is 1.77 bits per heavy atom. The van der Waals surface area contributed by atoms with E-state index in [2.05, 4.69) is 0 Å². The lowest BCUT2D eigenvalue weighted by atomic mass is 10.1. The van der Waals surface area contributed by atoms with Crippen LogP contribution in [0.1, 0.15) is 21.3 Å². The van der Waals surface area contributed by atoms with E-state index in [1.54, 1.807) is 29.2 Å². The summed E-state index contributed by atoms with van der Waals surface area (Å²) in [5, 5.41) is 9.48. The van der Waals surface area contributed by atoms with Gasteiger partial charge >= 0.3 is 5.97 Å². The number of hydrogen-bond donors (Lipinski definition) is 1. The maximum Gasteiger partial charge on any atom is 0.335 e. The van der Waals surface area contributed by atoms with Gasteiger partial charge in [0.15, 0.2) is 0 Å². The van der Waals surface area contributed by atoms with Gasteiger partial charge in [0.2, 0.25) is 5.91 Å². The van der Waals surface area contributed by atoms with Gasteiger partial charge in [-0.2, -0.15) is 0 Å². The van der Waals surface area contributed by atoms with Gasteiger partial charge in [0.1, 0.15) is 5.37 Å². The minimum absolute atomic E-state index is 0.00743. The predicted octanol–water partition coefficient (Wildman–Crippen LogP) is 3.82. The molecule has 0 aromatic heterocycles. The molecule has 1 amide bonds. The molecule has 6 heteroatoms. The van der Waals surface area contributed by atoms with Crippen LogP contribution in [0.15, 0.2) is 48.5 Å². The fraction of sp³-hybridized carbons (Fsp3) is 0.125. The highest BCUT2D eigenvalue weighted by Crippen LogP contribution is 2.41. The van der Waals surface area contributed by atoms with Gasteiger partial charge in [0.05, 0.1) is 11.3 Å². The van der Waals surface area contributed by atoms with Crippen molar-refractivity contribution in [3.8, 4) is 0 Å². The Morgan fingerprint density at radius 1 is 1.14 bits per heavy atom. The van der Waals surface area contributed by atoms with Crippen molar-refractivity contribution in [1.29, 1.82) is 0 Å². The number of nitrogens with zero attached hydrogens (tertiary/aromatic N) is 1. The number of carboxylic acids is 1. The zero-order valence-corrected chi connectivity index (χ0v) is 13.0. The summed E-state index contributed by atoms with van der Waals surface area (Å²) in [7, 11) is 0. The molecule has 1 saturated heterocycles. The van der Waals surface area contributed by atoms with Gasteiger partial charge in [0, 0.05) is 10.7 Å². The molecule has 0 spiro atoms. The van der Waals surface area contributed by atoms with Gasteiger partial charge in [-0.15, -0.1) is 11.8 Å². The van der Waals surface area contributed by atoms with Crippen molar-refractivity contribution in [2.45, 2.75) is 5.37 Å². The lowest BCUT2D eigenvalue weighted by molar-refractivity contribution is -0.115. The summed E-state index contributed by atoms with van der Waals surface area (Å²) in [5.74, 6) is -0.579. The van der Waals surface area contributed by atoms with E-state index in [1.807, 2.05) is 12.1 Å². The number of hydrogen-bond acceptors (Lipinski definition) is 3. The zero-order chi connectivity index (χ0) is 15.7. The highest BCUT2D eigenvalue weighted by atomic mass is 35.5. The number of carboxylic acid groups (broad SMARTS) is 1. The van der Waals surface area contributed by atoms with Crippen LogP contribution >= 0.6 is 23.4 Å². The van der Waals surface area contributed by atoms with Gasteiger partial charge in [-0.05, 0) is 42.0 Å². The van der Waals surface area contributed by atoms with Crippen molar-refractivity contribution < 1.29 is 14.7 Å². The third-order valence-electron chi connectivity index (χ3n) is 3.42. The Balaban J connectivity index is 1.93. The van der Waals surface area contributed by atoms with Crippen LogP contribution in [-0.2, 0) is 4.79 Å². The molecule has 22 heavy (non-hydrogen) atoms. The first-order valence-corrected chi connectivity index (χ1v) is 8.01. The second-order valence-electron chi connectivity index (χ2n) is 4.83. The minimum atomic E-state index is -0.983. The normalized spacial score (nSPS) is 17.8. The molecule has 112 valence electrons. The largest absolute Gasteiger partial charge is 0.478 e. The average molecular weight is 334 g/mol. The van der Waals surface area contributed by atoms with Gasteiger partial charge < -0.3 is 5.11 Å². The summed E-state index contributed by atoms with van der Waals surface area (Å²) in [6.45, 7) is 0. The van der Waals surface area contributed by atoms with E-state index in [0.29, 0.717) is 16.5 Å². The summed E-state index contributed by atoms with van der Waals surface area (Å²) in [6, 6.07) is 13.7. The molecule has 0 radical (unpaired) electrons. The Labute approximate surface area is 136 Å². The molecule has 1 aliphatic heterocycles. The third kappa shape index (κ3) is 2.82. The number of carbonyl (C=O) groups excluding carboxylic acids is 1. The SMILES string of the molecule is O=C(O)c1ccc(N2C(=O)CS[C@@H]2c2ccc(Cl)cc2)cc1. The topological polar surface area (TPSA) is 57.6 Å². The zero-order valence-electron chi connectivity index (χ0n) is 11.4. The number of thioether (sulfide) groups is 1. The van der Waals surface area contributed by atoms with E-state index < -0.39 is 5.97 Å². The fourth-order valence-corrected chi connectivity index (χ4v) is 3.65.